The van der Waals surface area contributed by atoms with Gasteiger partial charge in [0.2, 0.25) is 11.3 Å². The van der Waals surface area contributed by atoms with Crippen LogP contribution in [0.2, 0.25) is 0 Å². The summed E-state index contributed by atoms with van der Waals surface area (Å²) in [4.78, 5) is 20.2. The first-order valence-electron chi connectivity index (χ1n) is 7.65. The fraction of sp³-hybridized carbons (Fsp3) is 0.105. The zero-order valence-corrected chi connectivity index (χ0v) is 13.3. The lowest BCUT2D eigenvalue weighted by Crippen LogP contribution is -2.06. The average molecular weight is 317 g/mol. The minimum absolute atomic E-state index is 0.119. The van der Waals surface area contributed by atoms with Gasteiger partial charge in [0.1, 0.15) is 5.56 Å². The first-order chi connectivity index (χ1) is 11.6. The van der Waals surface area contributed by atoms with E-state index < -0.39 is 0 Å². The summed E-state index contributed by atoms with van der Waals surface area (Å²) >= 11 is 0. The molecule has 5 nitrogen and oxygen atoms in total. The fourth-order valence-electron chi connectivity index (χ4n) is 2.73. The molecule has 0 saturated heterocycles. The quantitative estimate of drug-likeness (QED) is 0.609. The van der Waals surface area contributed by atoms with Crippen LogP contribution < -0.4 is 5.43 Å². The number of aromatic amines is 1. The van der Waals surface area contributed by atoms with Crippen molar-refractivity contribution in [1.29, 1.82) is 0 Å². The van der Waals surface area contributed by atoms with Gasteiger partial charge in [0.05, 0.1) is 0 Å². The van der Waals surface area contributed by atoms with E-state index in [9.17, 15) is 4.79 Å². The molecular weight excluding hydrogens is 302 g/mol. The molecule has 0 atom stereocenters. The number of rotatable bonds is 2. The third-order valence-corrected chi connectivity index (χ3v) is 3.97. The molecule has 4 aromatic rings. The number of H-pyrrole nitrogens is 1. The second kappa shape index (κ2) is 5.45. The van der Waals surface area contributed by atoms with Crippen molar-refractivity contribution < 1.29 is 4.52 Å². The van der Waals surface area contributed by atoms with Crippen LogP contribution in [0.5, 0.6) is 0 Å². The maximum atomic E-state index is 12.7. The number of nitrogens with zero attached hydrogens (tertiary/aromatic N) is 2. The van der Waals surface area contributed by atoms with Crippen LogP contribution in [0.15, 0.2) is 58.0 Å². The van der Waals surface area contributed by atoms with Gasteiger partial charge in [-0.05, 0) is 32.0 Å². The Bertz CT molecular complexity index is 1110. The van der Waals surface area contributed by atoms with Crippen molar-refractivity contribution in [2.75, 3.05) is 0 Å². The maximum absolute atomic E-state index is 12.7. The molecule has 1 N–H and O–H groups in total. The van der Waals surface area contributed by atoms with Crippen molar-refractivity contribution >= 4 is 10.9 Å². The van der Waals surface area contributed by atoms with Crippen LogP contribution in [-0.2, 0) is 0 Å². The van der Waals surface area contributed by atoms with E-state index in [0.717, 1.165) is 22.2 Å². The lowest BCUT2D eigenvalue weighted by molar-refractivity contribution is 0.432. The Morgan fingerprint density at radius 1 is 1.04 bits per heavy atom. The summed E-state index contributed by atoms with van der Waals surface area (Å²) in [5.41, 5.74) is 4.03. The van der Waals surface area contributed by atoms with Crippen molar-refractivity contribution in [3.05, 3.63) is 70.0 Å². The van der Waals surface area contributed by atoms with Gasteiger partial charge < -0.3 is 9.51 Å². The first kappa shape index (κ1) is 14.4. The molecule has 0 amide bonds. The van der Waals surface area contributed by atoms with Gasteiger partial charge in [0.25, 0.3) is 5.89 Å². The Kier molecular flexibility index (Phi) is 3.27. The summed E-state index contributed by atoms with van der Waals surface area (Å²) < 4.78 is 5.32. The molecule has 4 rings (SSSR count). The van der Waals surface area contributed by atoms with Crippen LogP contribution in [0, 0.1) is 13.8 Å². The van der Waals surface area contributed by atoms with E-state index >= 15 is 0 Å². The molecule has 0 unspecified atom stereocenters. The number of hydrogen-bond acceptors (Lipinski definition) is 4. The number of aromatic nitrogens is 3. The number of fused-ring (bicyclic) bond motifs is 1. The van der Waals surface area contributed by atoms with Crippen molar-refractivity contribution in [2.24, 2.45) is 0 Å². The Hall–Kier alpha value is -3.21. The normalized spacial score (nSPS) is 11.1. The molecule has 0 radical (unpaired) electrons. The third kappa shape index (κ3) is 2.40. The smallest absolute Gasteiger partial charge is 0.263 e. The van der Waals surface area contributed by atoms with Gasteiger partial charge in [-0.15, -0.1) is 0 Å². The highest BCUT2D eigenvalue weighted by molar-refractivity contribution is 5.82. The van der Waals surface area contributed by atoms with Crippen molar-refractivity contribution in [1.82, 2.24) is 15.1 Å². The van der Waals surface area contributed by atoms with E-state index in [0.29, 0.717) is 16.8 Å². The summed E-state index contributed by atoms with van der Waals surface area (Å²) in [5.74, 6) is 0.689. The zero-order valence-electron chi connectivity index (χ0n) is 13.3. The van der Waals surface area contributed by atoms with E-state index in [1.165, 1.54) is 0 Å². The van der Waals surface area contributed by atoms with Crippen LogP contribution in [0.1, 0.15) is 11.1 Å². The lowest BCUT2D eigenvalue weighted by atomic mass is 10.1. The molecule has 0 fully saturated rings. The van der Waals surface area contributed by atoms with Gasteiger partial charge in [0.15, 0.2) is 0 Å². The Morgan fingerprint density at radius 3 is 2.71 bits per heavy atom. The predicted octanol–water partition coefficient (Wildman–Crippen LogP) is 3.86. The van der Waals surface area contributed by atoms with Gasteiger partial charge in [-0.25, -0.2) is 0 Å². The summed E-state index contributed by atoms with van der Waals surface area (Å²) in [6, 6.07) is 13.5. The Balaban J connectivity index is 1.84. The van der Waals surface area contributed by atoms with Crippen molar-refractivity contribution in [3.8, 4) is 22.8 Å². The summed E-state index contributed by atoms with van der Waals surface area (Å²) in [6.07, 6.45) is 1.62. The second-order valence-corrected chi connectivity index (χ2v) is 5.87. The summed E-state index contributed by atoms with van der Waals surface area (Å²) in [7, 11) is 0. The molecule has 0 aliphatic heterocycles. The molecule has 118 valence electrons. The second-order valence-electron chi connectivity index (χ2n) is 5.87. The molecule has 2 aromatic carbocycles. The highest BCUT2D eigenvalue weighted by Gasteiger charge is 2.15. The first-order valence-corrected chi connectivity index (χ1v) is 7.65. The van der Waals surface area contributed by atoms with Crippen molar-refractivity contribution in [2.45, 2.75) is 13.8 Å². The van der Waals surface area contributed by atoms with Crippen LogP contribution >= 0.6 is 0 Å². The van der Waals surface area contributed by atoms with Crippen LogP contribution in [0.3, 0.4) is 0 Å². The fourth-order valence-corrected chi connectivity index (χ4v) is 2.73. The van der Waals surface area contributed by atoms with Crippen molar-refractivity contribution in [3.63, 3.8) is 0 Å². The SMILES string of the molecule is Cc1cccc(-c2noc(-c3c[nH]c4ccc(C)cc4c3=O)n2)c1. The number of pyridine rings is 1. The molecule has 2 aromatic heterocycles. The molecule has 0 aliphatic rings. The Morgan fingerprint density at radius 2 is 1.88 bits per heavy atom. The predicted molar refractivity (Wildman–Crippen MR) is 92.8 cm³/mol. The molecule has 2 heterocycles. The van der Waals surface area contributed by atoms with Crippen LogP contribution in [-0.4, -0.2) is 15.1 Å². The molecule has 0 saturated carbocycles. The summed E-state index contributed by atoms with van der Waals surface area (Å²) in [6.45, 7) is 3.95. The molecule has 0 aliphatic carbocycles. The number of benzene rings is 2. The van der Waals surface area contributed by atoms with E-state index in [2.05, 4.69) is 15.1 Å². The van der Waals surface area contributed by atoms with Gasteiger partial charge in [-0.1, -0.05) is 40.5 Å². The number of aryl methyl sites for hydroxylation is 2. The lowest BCUT2D eigenvalue weighted by Gasteiger charge is -2.01. The van der Waals surface area contributed by atoms with Gasteiger partial charge in [-0.2, -0.15) is 4.98 Å². The highest BCUT2D eigenvalue weighted by Crippen LogP contribution is 2.22. The maximum Gasteiger partial charge on any atom is 0.263 e. The molecule has 5 heteroatoms. The van der Waals surface area contributed by atoms with E-state index in [1.807, 2.05) is 56.3 Å². The molecular formula is C19H15N3O2. The number of nitrogens with one attached hydrogen (secondary N) is 1. The molecule has 0 bridgehead atoms. The zero-order chi connectivity index (χ0) is 16.7. The van der Waals surface area contributed by atoms with Crippen LogP contribution in [0.25, 0.3) is 33.7 Å². The monoisotopic (exact) mass is 317 g/mol. The van der Waals surface area contributed by atoms with Crippen LogP contribution in [0.4, 0.5) is 0 Å². The van der Waals surface area contributed by atoms with Gasteiger partial charge >= 0.3 is 0 Å². The minimum atomic E-state index is -0.119. The van der Waals surface area contributed by atoms with Gasteiger partial charge in [-0.3, -0.25) is 4.79 Å². The summed E-state index contributed by atoms with van der Waals surface area (Å²) in [5, 5.41) is 4.62. The van der Waals surface area contributed by atoms with E-state index in [-0.39, 0.29) is 11.3 Å². The highest BCUT2D eigenvalue weighted by atomic mass is 16.5. The minimum Gasteiger partial charge on any atom is -0.360 e. The largest absolute Gasteiger partial charge is 0.360 e. The topological polar surface area (TPSA) is 71.8 Å². The standard InChI is InChI=1S/C19H15N3O2/c1-11-4-3-5-13(8-11)18-21-19(24-22-18)15-10-20-16-7-6-12(2)9-14(16)17(15)23/h3-10H,1-2H3,(H,20,23). The molecule has 0 spiro atoms. The van der Waals surface area contributed by atoms with E-state index in [1.54, 1.807) is 6.20 Å². The number of hydrogen-bond donors (Lipinski definition) is 1. The molecule has 24 heavy (non-hydrogen) atoms. The Labute approximate surface area is 138 Å². The van der Waals surface area contributed by atoms with E-state index in [4.69, 9.17) is 4.52 Å². The third-order valence-electron chi connectivity index (χ3n) is 3.97. The van der Waals surface area contributed by atoms with Gasteiger partial charge in [0, 0.05) is 22.7 Å². The average Bonchev–Trinajstić information content (AvgIpc) is 3.05.